The van der Waals surface area contributed by atoms with Gasteiger partial charge in [0, 0.05) is 0 Å². The first kappa shape index (κ1) is 16.3. The minimum atomic E-state index is -2.13. The Kier molecular flexibility index (Phi) is 3.66. The molecule has 4 aromatic carbocycles. The molecule has 130 valence electrons. The molecule has 0 radical (unpaired) electrons. The van der Waals surface area contributed by atoms with E-state index in [1.54, 1.807) is 0 Å². The molecular formula is C26H22Si. The van der Waals surface area contributed by atoms with E-state index in [0.717, 1.165) is 0 Å². The van der Waals surface area contributed by atoms with Gasteiger partial charge in [0.1, 0.15) is 8.07 Å². The molecule has 0 N–H and O–H groups in total. The van der Waals surface area contributed by atoms with Crippen LogP contribution in [0, 0.1) is 6.92 Å². The summed E-state index contributed by atoms with van der Waals surface area (Å²) in [5.74, 6) is 0. The van der Waals surface area contributed by atoms with Crippen molar-refractivity contribution in [2.45, 2.75) is 13.5 Å². The number of aryl methyl sites for hydroxylation is 1. The first-order valence-corrected chi connectivity index (χ1v) is 12.1. The van der Waals surface area contributed by atoms with Crippen LogP contribution in [0.5, 0.6) is 0 Å². The van der Waals surface area contributed by atoms with Gasteiger partial charge in [-0.3, -0.25) is 0 Å². The van der Waals surface area contributed by atoms with Crippen LogP contribution in [0.25, 0.3) is 22.3 Å². The second-order valence-electron chi connectivity index (χ2n) is 7.63. The molecule has 0 saturated heterocycles. The molecule has 1 aliphatic heterocycles. The molecule has 0 bridgehead atoms. The standard InChI is InChI=1S/C26H22Si/c1-19-15-17-20(18-16-19)27(2)25-13-7-5-11-23(25)21-9-3-4-10-22(21)24-12-6-8-14-26(24)27/h3-18H,1-2H3. The van der Waals surface area contributed by atoms with Crippen LogP contribution in [0.2, 0.25) is 6.55 Å². The van der Waals surface area contributed by atoms with Gasteiger partial charge in [-0.2, -0.15) is 0 Å². The van der Waals surface area contributed by atoms with Gasteiger partial charge >= 0.3 is 0 Å². The summed E-state index contributed by atoms with van der Waals surface area (Å²) >= 11 is 0. The predicted molar refractivity (Wildman–Crippen MR) is 119 cm³/mol. The zero-order valence-electron chi connectivity index (χ0n) is 15.7. The van der Waals surface area contributed by atoms with Crippen LogP contribution in [0.3, 0.4) is 0 Å². The topological polar surface area (TPSA) is 0 Å². The Morgan fingerprint density at radius 3 is 1.37 bits per heavy atom. The largest absolute Gasteiger partial charge is 0.147 e. The summed E-state index contributed by atoms with van der Waals surface area (Å²) in [7, 11) is -2.13. The summed E-state index contributed by atoms with van der Waals surface area (Å²) in [4.78, 5) is 0. The van der Waals surface area contributed by atoms with E-state index in [0.29, 0.717) is 0 Å². The maximum Gasteiger partial charge on any atom is 0.147 e. The van der Waals surface area contributed by atoms with Gasteiger partial charge < -0.3 is 0 Å². The molecule has 0 aliphatic carbocycles. The van der Waals surface area contributed by atoms with Crippen molar-refractivity contribution in [3.05, 3.63) is 103 Å². The molecule has 5 rings (SSSR count). The lowest BCUT2D eigenvalue weighted by Crippen LogP contribution is -2.65. The third-order valence-corrected chi connectivity index (χ3v) is 10.6. The molecular weight excluding hydrogens is 340 g/mol. The number of rotatable bonds is 1. The third kappa shape index (κ3) is 2.35. The van der Waals surface area contributed by atoms with E-state index in [4.69, 9.17) is 0 Å². The Morgan fingerprint density at radius 1 is 0.481 bits per heavy atom. The number of hydrogen-bond acceptors (Lipinski definition) is 0. The smallest absolute Gasteiger partial charge is 0.0623 e. The maximum atomic E-state index is 2.52. The summed E-state index contributed by atoms with van der Waals surface area (Å²) in [5, 5.41) is 4.48. The molecule has 0 nitrogen and oxygen atoms in total. The Morgan fingerprint density at radius 2 is 0.889 bits per heavy atom. The number of hydrogen-bond donors (Lipinski definition) is 0. The Labute approximate surface area is 162 Å². The average molecular weight is 363 g/mol. The van der Waals surface area contributed by atoms with Gasteiger partial charge in [-0.1, -0.05) is 109 Å². The lowest BCUT2D eigenvalue weighted by molar-refractivity contribution is 1.48. The third-order valence-electron chi connectivity index (χ3n) is 6.07. The van der Waals surface area contributed by atoms with E-state index in [1.165, 1.54) is 43.4 Å². The van der Waals surface area contributed by atoms with Crippen LogP contribution < -0.4 is 15.6 Å². The van der Waals surface area contributed by atoms with Crippen molar-refractivity contribution in [3.63, 3.8) is 0 Å². The summed E-state index contributed by atoms with van der Waals surface area (Å²) in [6, 6.07) is 36.2. The molecule has 1 heteroatoms. The molecule has 4 aromatic rings. The van der Waals surface area contributed by atoms with E-state index < -0.39 is 8.07 Å². The molecule has 1 aliphatic rings. The van der Waals surface area contributed by atoms with Crippen LogP contribution >= 0.6 is 0 Å². The van der Waals surface area contributed by atoms with Crippen LogP contribution in [0.15, 0.2) is 97.1 Å². The first-order chi connectivity index (χ1) is 13.2. The van der Waals surface area contributed by atoms with Crippen LogP contribution in [0.4, 0.5) is 0 Å². The number of fused-ring (bicyclic) bond motifs is 5. The minimum Gasteiger partial charge on any atom is -0.0623 e. The fourth-order valence-corrected chi connectivity index (χ4v) is 8.72. The molecule has 27 heavy (non-hydrogen) atoms. The fraction of sp³-hybridized carbons (Fsp3) is 0.0769. The maximum absolute atomic E-state index is 2.52. The van der Waals surface area contributed by atoms with Crippen LogP contribution in [-0.2, 0) is 0 Å². The van der Waals surface area contributed by atoms with E-state index in [1.807, 2.05) is 0 Å². The second kappa shape index (κ2) is 6.07. The lowest BCUT2D eigenvalue weighted by Gasteiger charge is -2.31. The minimum absolute atomic E-state index is 1.31. The van der Waals surface area contributed by atoms with Gasteiger partial charge in [0.05, 0.1) is 0 Å². The van der Waals surface area contributed by atoms with E-state index in [-0.39, 0.29) is 0 Å². The Bertz CT molecular complexity index is 1070. The summed E-state index contributed by atoms with van der Waals surface area (Å²) in [5.41, 5.74) is 6.79. The highest BCUT2D eigenvalue weighted by atomic mass is 28.3. The van der Waals surface area contributed by atoms with Crippen molar-refractivity contribution in [1.29, 1.82) is 0 Å². The fourth-order valence-electron chi connectivity index (χ4n) is 4.60. The molecule has 0 aromatic heterocycles. The van der Waals surface area contributed by atoms with Gasteiger partial charge in [0.2, 0.25) is 0 Å². The van der Waals surface area contributed by atoms with Crippen molar-refractivity contribution >= 4 is 23.6 Å². The van der Waals surface area contributed by atoms with E-state index >= 15 is 0 Å². The van der Waals surface area contributed by atoms with E-state index in [2.05, 4.69) is 111 Å². The monoisotopic (exact) mass is 362 g/mol. The van der Waals surface area contributed by atoms with E-state index in [9.17, 15) is 0 Å². The van der Waals surface area contributed by atoms with Crippen molar-refractivity contribution in [2.75, 3.05) is 0 Å². The van der Waals surface area contributed by atoms with Crippen molar-refractivity contribution in [3.8, 4) is 22.3 Å². The van der Waals surface area contributed by atoms with Gasteiger partial charge in [-0.05, 0) is 44.7 Å². The highest BCUT2D eigenvalue weighted by Crippen LogP contribution is 2.35. The SMILES string of the molecule is Cc1ccc([Si]2(C)c3ccccc3-c3ccccc3-c3ccccc32)cc1. The summed E-state index contributed by atoms with van der Waals surface area (Å²) in [6.45, 7) is 4.68. The van der Waals surface area contributed by atoms with Crippen molar-refractivity contribution < 1.29 is 0 Å². The lowest BCUT2D eigenvalue weighted by atomic mass is 9.95. The zero-order valence-corrected chi connectivity index (χ0v) is 16.7. The molecule has 0 saturated carbocycles. The summed E-state index contributed by atoms with van der Waals surface area (Å²) in [6.07, 6.45) is 0. The van der Waals surface area contributed by atoms with Crippen molar-refractivity contribution in [1.82, 2.24) is 0 Å². The molecule has 0 spiro atoms. The summed E-state index contributed by atoms with van der Waals surface area (Å²) < 4.78 is 0. The Hall–Kier alpha value is -2.90. The Balaban J connectivity index is 1.96. The van der Waals surface area contributed by atoms with Crippen molar-refractivity contribution in [2.24, 2.45) is 0 Å². The highest BCUT2D eigenvalue weighted by molar-refractivity contribution is 7.12. The van der Waals surface area contributed by atoms with Gasteiger partial charge in [0.15, 0.2) is 0 Å². The average Bonchev–Trinajstić information content (AvgIpc) is 2.82. The highest BCUT2D eigenvalue weighted by Gasteiger charge is 2.40. The molecule has 1 heterocycles. The molecule has 0 amide bonds. The quantitative estimate of drug-likeness (QED) is 0.429. The predicted octanol–water partition coefficient (Wildman–Crippen LogP) is 4.74. The molecule has 0 unspecified atom stereocenters. The number of benzene rings is 4. The first-order valence-electron chi connectivity index (χ1n) is 9.55. The molecule has 0 atom stereocenters. The second-order valence-corrected chi connectivity index (χ2v) is 11.5. The van der Waals surface area contributed by atoms with Gasteiger partial charge in [0.25, 0.3) is 0 Å². The van der Waals surface area contributed by atoms with Gasteiger partial charge in [-0.15, -0.1) is 0 Å². The van der Waals surface area contributed by atoms with Gasteiger partial charge in [-0.25, -0.2) is 0 Å². The van der Waals surface area contributed by atoms with Crippen LogP contribution in [0.1, 0.15) is 5.56 Å². The normalized spacial score (nSPS) is 13.9. The zero-order chi connectivity index (χ0) is 18.4. The van der Waals surface area contributed by atoms with Crippen LogP contribution in [-0.4, -0.2) is 8.07 Å². The molecule has 0 fully saturated rings.